The van der Waals surface area contributed by atoms with Gasteiger partial charge in [-0.3, -0.25) is 0 Å². The molecule has 1 heterocycles. The van der Waals surface area contributed by atoms with Crippen LogP contribution < -0.4 is 4.74 Å². The predicted octanol–water partition coefficient (Wildman–Crippen LogP) is 4.51. The van der Waals surface area contributed by atoms with E-state index in [0.717, 1.165) is 11.1 Å². The molecule has 0 spiro atoms. The molecule has 0 amide bonds. The number of esters is 1. The van der Waals surface area contributed by atoms with E-state index in [0.29, 0.717) is 16.9 Å². The van der Waals surface area contributed by atoms with Gasteiger partial charge in [0, 0.05) is 5.38 Å². The topological polar surface area (TPSA) is 50.1 Å². The third-order valence-electron chi connectivity index (χ3n) is 3.17. The van der Waals surface area contributed by atoms with Crippen LogP contribution in [0.5, 0.6) is 5.75 Å². The van der Waals surface area contributed by atoms with Crippen LogP contribution in [-0.2, 0) is 0 Å². The highest BCUT2D eigenvalue weighted by molar-refractivity contribution is 7.08. The number of carbonyl (C=O) groups is 1. The van der Waals surface area contributed by atoms with Crippen molar-refractivity contribution in [2.24, 2.45) is 0 Å². The molecule has 0 fully saturated rings. The van der Waals surface area contributed by atoms with E-state index < -0.39 is 0 Å². The van der Waals surface area contributed by atoms with E-state index in [9.17, 15) is 4.79 Å². The van der Waals surface area contributed by atoms with Crippen LogP contribution >= 0.6 is 11.3 Å². The lowest BCUT2D eigenvalue weighted by Gasteiger charge is -2.05. The Morgan fingerprint density at radius 2 is 1.59 bits per heavy atom. The van der Waals surface area contributed by atoms with E-state index in [1.807, 2.05) is 29.6 Å². The molecule has 3 nitrogen and oxygen atoms in total. The lowest BCUT2D eigenvalue weighted by atomic mass is 10.0. The Hall–Kier alpha value is -2.90. The highest BCUT2D eigenvalue weighted by atomic mass is 32.1. The van der Waals surface area contributed by atoms with Gasteiger partial charge in [-0.1, -0.05) is 24.3 Å². The number of hydrogen-bond acceptors (Lipinski definition) is 4. The van der Waals surface area contributed by atoms with Crippen LogP contribution in [-0.4, -0.2) is 5.97 Å². The average Bonchev–Trinajstić information content (AvgIpc) is 3.10. The Labute approximate surface area is 132 Å². The van der Waals surface area contributed by atoms with E-state index in [2.05, 4.69) is 6.07 Å². The summed E-state index contributed by atoms with van der Waals surface area (Å²) in [4.78, 5) is 11.9. The minimum Gasteiger partial charge on any atom is -0.423 e. The van der Waals surface area contributed by atoms with E-state index >= 15 is 0 Å². The van der Waals surface area contributed by atoms with Gasteiger partial charge in [-0.05, 0) is 46.8 Å². The number of rotatable bonds is 3. The second kappa shape index (κ2) is 6.25. The Bertz CT molecular complexity index is 813. The van der Waals surface area contributed by atoms with Gasteiger partial charge >= 0.3 is 5.97 Å². The molecule has 3 rings (SSSR count). The number of carbonyl (C=O) groups excluding carboxylic acids is 1. The van der Waals surface area contributed by atoms with Gasteiger partial charge in [-0.15, -0.1) is 0 Å². The zero-order valence-electron chi connectivity index (χ0n) is 11.5. The fourth-order valence-electron chi connectivity index (χ4n) is 2.00. The van der Waals surface area contributed by atoms with Gasteiger partial charge in [0.05, 0.1) is 17.2 Å². The molecule has 4 heteroatoms. The molecule has 3 aromatic rings. The van der Waals surface area contributed by atoms with Crippen LogP contribution in [0.1, 0.15) is 15.9 Å². The summed E-state index contributed by atoms with van der Waals surface area (Å²) in [7, 11) is 0. The maximum atomic E-state index is 11.9. The fraction of sp³-hybridized carbons (Fsp3) is 0. The van der Waals surface area contributed by atoms with Crippen molar-refractivity contribution in [1.29, 1.82) is 5.26 Å². The van der Waals surface area contributed by atoms with Crippen molar-refractivity contribution >= 4 is 17.3 Å². The van der Waals surface area contributed by atoms with Crippen molar-refractivity contribution < 1.29 is 9.53 Å². The smallest absolute Gasteiger partial charge is 0.344 e. The molecule has 0 aliphatic rings. The fourth-order valence-corrected chi connectivity index (χ4v) is 2.62. The van der Waals surface area contributed by atoms with Crippen molar-refractivity contribution in [2.75, 3.05) is 0 Å². The standard InChI is InChI=1S/C18H11NO2S/c19-11-13-1-3-14(4-2-13)15-5-7-17(8-6-15)21-18(20)16-9-10-22-12-16/h1-10,12H. The maximum absolute atomic E-state index is 11.9. The molecule has 0 unspecified atom stereocenters. The first-order valence-corrected chi connectivity index (χ1v) is 7.55. The Morgan fingerprint density at radius 1 is 0.955 bits per heavy atom. The van der Waals surface area contributed by atoms with Gasteiger partial charge in [0.1, 0.15) is 5.75 Å². The van der Waals surface area contributed by atoms with Crippen molar-refractivity contribution in [3.05, 3.63) is 76.5 Å². The summed E-state index contributed by atoms with van der Waals surface area (Å²) >= 11 is 1.46. The summed E-state index contributed by atoms with van der Waals surface area (Å²) in [6.07, 6.45) is 0. The molecule has 0 N–H and O–H groups in total. The Morgan fingerprint density at radius 3 is 2.14 bits per heavy atom. The SMILES string of the molecule is N#Cc1ccc(-c2ccc(OC(=O)c3ccsc3)cc2)cc1. The first kappa shape index (κ1) is 14.1. The van der Waals surface area contributed by atoms with Gasteiger partial charge < -0.3 is 4.74 Å². The van der Waals surface area contributed by atoms with Gasteiger partial charge in [0.15, 0.2) is 0 Å². The Balaban J connectivity index is 1.75. The van der Waals surface area contributed by atoms with E-state index in [1.54, 1.807) is 35.7 Å². The molecule has 0 aliphatic carbocycles. The zero-order valence-corrected chi connectivity index (χ0v) is 12.3. The first-order valence-electron chi connectivity index (χ1n) is 6.61. The number of benzene rings is 2. The number of thiophene rings is 1. The van der Waals surface area contributed by atoms with Crippen molar-refractivity contribution in [1.82, 2.24) is 0 Å². The van der Waals surface area contributed by atoms with Crippen LogP contribution in [0.3, 0.4) is 0 Å². The molecule has 0 aliphatic heterocycles. The van der Waals surface area contributed by atoms with Crippen LogP contribution in [0.15, 0.2) is 65.4 Å². The van der Waals surface area contributed by atoms with Crippen LogP contribution in [0, 0.1) is 11.3 Å². The van der Waals surface area contributed by atoms with Gasteiger partial charge in [-0.2, -0.15) is 16.6 Å². The third kappa shape index (κ3) is 3.05. The lowest BCUT2D eigenvalue weighted by molar-refractivity contribution is 0.0735. The largest absolute Gasteiger partial charge is 0.423 e. The van der Waals surface area contributed by atoms with Crippen molar-refractivity contribution in [3.8, 4) is 22.9 Å². The predicted molar refractivity (Wildman–Crippen MR) is 85.9 cm³/mol. The number of nitriles is 1. The van der Waals surface area contributed by atoms with E-state index in [-0.39, 0.29) is 5.97 Å². The molecular formula is C18H11NO2S. The molecule has 0 saturated heterocycles. The molecule has 106 valence electrons. The highest BCUT2D eigenvalue weighted by Crippen LogP contribution is 2.23. The van der Waals surface area contributed by atoms with Crippen LogP contribution in [0.25, 0.3) is 11.1 Å². The summed E-state index contributed by atoms with van der Waals surface area (Å²) in [5.41, 5.74) is 3.20. The lowest BCUT2D eigenvalue weighted by Crippen LogP contribution is -2.06. The normalized spacial score (nSPS) is 9.95. The van der Waals surface area contributed by atoms with Crippen LogP contribution in [0.2, 0.25) is 0 Å². The van der Waals surface area contributed by atoms with E-state index in [1.165, 1.54) is 11.3 Å². The molecule has 0 bridgehead atoms. The quantitative estimate of drug-likeness (QED) is 0.528. The molecule has 2 aromatic carbocycles. The second-order valence-electron chi connectivity index (χ2n) is 4.62. The number of ether oxygens (including phenoxy) is 1. The summed E-state index contributed by atoms with van der Waals surface area (Å²) in [6, 6.07) is 18.5. The minimum absolute atomic E-state index is 0.354. The monoisotopic (exact) mass is 305 g/mol. The van der Waals surface area contributed by atoms with Gasteiger partial charge in [-0.25, -0.2) is 4.79 Å². The molecule has 0 saturated carbocycles. The summed E-state index contributed by atoms with van der Waals surface area (Å²) in [5, 5.41) is 12.4. The molecule has 1 aromatic heterocycles. The first-order chi connectivity index (χ1) is 10.8. The molecule has 22 heavy (non-hydrogen) atoms. The van der Waals surface area contributed by atoms with Gasteiger partial charge in [0.25, 0.3) is 0 Å². The van der Waals surface area contributed by atoms with Crippen molar-refractivity contribution in [3.63, 3.8) is 0 Å². The zero-order chi connectivity index (χ0) is 15.4. The number of hydrogen-bond donors (Lipinski definition) is 0. The second-order valence-corrected chi connectivity index (χ2v) is 5.40. The third-order valence-corrected chi connectivity index (χ3v) is 3.85. The molecular weight excluding hydrogens is 294 g/mol. The molecule has 0 atom stereocenters. The summed E-state index contributed by atoms with van der Waals surface area (Å²) in [6.45, 7) is 0. The number of nitrogens with zero attached hydrogens (tertiary/aromatic N) is 1. The average molecular weight is 305 g/mol. The maximum Gasteiger partial charge on any atom is 0.344 e. The summed E-state index contributed by atoms with van der Waals surface area (Å²) in [5.74, 6) is 0.154. The van der Waals surface area contributed by atoms with E-state index in [4.69, 9.17) is 10.00 Å². The van der Waals surface area contributed by atoms with Crippen LogP contribution in [0.4, 0.5) is 0 Å². The van der Waals surface area contributed by atoms with Crippen molar-refractivity contribution in [2.45, 2.75) is 0 Å². The molecule has 0 radical (unpaired) electrons. The minimum atomic E-state index is -0.354. The summed E-state index contributed by atoms with van der Waals surface area (Å²) < 4.78 is 5.31. The van der Waals surface area contributed by atoms with Gasteiger partial charge in [0.2, 0.25) is 0 Å². The highest BCUT2D eigenvalue weighted by Gasteiger charge is 2.08. The Kier molecular flexibility index (Phi) is 3.99.